The molecule has 0 radical (unpaired) electrons. The minimum atomic E-state index is -1.03. The van der Waals surface area contributed by atoms with Crippen LogP contribution >= 0.6 is 0 Å². The quantitative estimate of drug-likeness (QED) is 0.558. The normalized spacial score (nSPS) is 48.8. The van der Waals surface area contributed by atoms with Gasteiger partial charge in [0.25, 0.3) is 0 Å². The first kappa shape index (κ1) is 22.1. The fraction of sp³-hybridized carbons (Fsp3) is 0.917. The summed E-state index contributed by atoms with van der Waals surface area (Å²) in [4.78, 5) is 23.5. The molecular weight excluding hydrogens is 382 g/mol. The van der Waals surface area contributed by atoms with E-state index in [1.54, 1.807) is 0 Å². The lowest BCUT2D eigenvalue weighted by atomic mass is 9.43. The Morgan fingerprint density at radius 3 is 2.47 bits per heavy atom. The van der Waals surface area contributed by atoms with Crippen molar-refractivity contribution < 1.29 is 24.9 Å². The largest absolute Gasteiger partial charge is 0.480 e. The number of rotatable bonds is 4. The van der Waals surface area contributed by atoms with Crippen molar-refractivity contribution in [1.29, 1.82) is 0 Å². The lowest BCUT2D eigenvalue weighted by Gasteiger charge is -2.62. The van der Waals surface area contributed by atoms with E-state index >= 15 is 0 Å². The van der Waals surface area contributed by atoms with Gasteiger partial charge in [0.2, 0.25) is 5.91 Å². The monoisotopic (exact) mass is 421 g/mol. The van der Waals surface area contributed by atoms with Crippen LogP contribution in [0.25, 0.3) is 0 Å². The number of carboxylic acids is 1. The molecule has 0 bridgehead atoms. The van der Waals surface area contributed by atoms with Crippen LogP contribution in [-0.4, -0.2) is 45.9 Å². The Kier molecular flexibility index (Phi) is 5.72. The first-order chi connectivity index (χ1) is 14.1. The zero-order valence-corrected chi connectivity index (χ0v) is 18.6. The highest BCUT2D eigenvalue weighted by atomic mass is 16.4. The zero-order chi connectivity index (χ0) is 21.8. The van der Waals surface area contributed by atoms with Crippen molar-refractivity contribution in [3.05, 3.63) is 0 Å². The molecule has 4 aliphatic carbocycles. The molecule has 4 fully saturated rings. The van der Waals surface area contributed by atoms with Crippen LogP contribution in [0.2, 0.25) is 0 Å². The summed E-state index contributed by atoms with van der Waals surface area (Å²) >= 11 is 0. The minimum Gasteiger partial charge on any atom is -0.480 e. The number of nitrogens with one attached hydrogen (secondary N) is 1. The molecule has 0 spiro atoms. The van der Waals surface area contributed by atoms with Gasteiger partial charge in [-0.1, -0.05) is 20.8 Å². The van der Waals surface area contributed by atoms with E-state index in [9.17, 15) is 19.8 Å². The van der Waals surface area contributed by atoms with Crippen molar-refractivity contribution in [2.75, 3.05) is 6.54 Å². The second kappa shape index (κ2) is 7.77. The second-order valence-electron chi connectivity index (χ2n) is 11.3. The van der Waals surface area contributed by atoms with Crippen molar-refractivity contribution in [2.24, 2.45) is 46.3 Å². The third-order valence-electron chi connectivity index (χ3n) is 10.2. The van der Waals surface area contributed by atoms with Crippen LogP contribution in [0.4, 0.5) is 0 Å². The molecule has 170 valence electrons. The summed E-state index contributed by atoms with van der Waals surface area (Å²) in [6, 6.07) is 0. The molecule has 3 unspecified atom stereocenters. The third kappa shape index (κ3) is 3.29. The lowest BCUT2D eigenvalue weighted by molar-refractivity contribution is -0.176. The van der Waals surface area contributed by atoms with E-state index in [0.29, 0.717) is 23.7 Å². The van der Waals surface area contributed by atoms with Gasteiger partial charge in [-0.25, -0.2) is 0 Å². The summed E-state index contributed by atoms with van der Waals surface area (Å²) in [5.41, 5.74) is -0.0917. The van der Waals surface area contributed by atoms with Gasteiger partial charge in [-0.15, -0.1) is 0 Å². The average Bonchev–Trinajstić information content (AvgIpc) is 3.05. The molecule has 0 aromatic carbocycles. The molecule has 0 heterocycles. The van der Waals surface area contributed by atoms with Crippen LogP contribution in [0.3, 0.4) is 0 Å². The van der Waals surface area contributed by atoms with E-state index in [4.69, 9.17) is 5.11 Å². The summed E-state index contributed by atoms with van der Waals surface area (Å²) in [6.07, 6.45) is 7.30. The van der Waals surface area contributed by atoms with E-state index in [2.05, 4.69) is 19.2 Å². The average molecular weight is 422 g/mol. The van der Waals surface area contributed by atoms with Gasteiger partial charge in [0.1, 0.15) is 6.54 Å². The number of hydrogen-bond donors (Lipinski definition) is 4. The molecule has 0 aromatic heterocycles. The van der Waals surface area contributed by atoms with Gasteiger partial charge in [-0.2, -0.15) is 0 Å². The van der Waals surface area contributed by atoms with Crippen molar-refractivity contribution in [1.82, 2.24) is 5.32 Å². The summed E-state index contributed by atoms with van der Waals surface area (Å²) in [5.74, 6) is 0.562. The van der Waals surface area contributed by atoms with E-state index in [1.165, 1.54) is 0 Å². The fourth-order valence-electron chi connectivity index (χ4n) is 8.56. The Bertz CT molecular complexity index is 697. The third-order valence-corrected chi connectivity index (χ3v) is 10.2. The fourth-order valence-corrected chi connectivity index (χ4v) is 8.56. The van der Waals surface area contributed by atoms with E-state index in [0.717, 1.165) is 51.4 Å². The van der Waals surface area contributed by atoms with Crippen molar-refractivity contribution >= 4 is 11.9 Å². The molecule has 4 N–H and O–H groups in total. The highest BCUT2D eigenvalue weighted by molar-refractivity contribution is 5.83. The first-order valence-corrected chi connectivity index (χ1v) is 11.9. The number of aliphatic hydroxyl groups excluding tert-OH is 2. The van der Waals surface area contributed by atoms with Gasteiger partial charge < -0.3 is 20.6 Å². The molecule has 6 nitrogen and oxygen atoms in total. The van der Waals surface area contributed by atoms with Crippen LogP contribution in [0.5, 0.6) is 0 Å². The predicted molar refractivity (Wildman–Crippen MR) is 112 cm³/mol. The number of carboxylic acid groups (broad SMARTS) is 1. The topological polar surface area (TPSA) is 107 Å². The number of hydrogen-bond acceptors (Lipinski definition) is 4. The molecule has 4 rings (SSSR count). The molecule has 1 amide bonds. The van der Waals surface area contributed by atoms with E-state index in [-0.39, 0.29) is 41.2 Å². The van der Waals surface area contributed by atoms with Crippen LogP contribution in [0.15, 0.2) is 0 Å². The minimum absolute atomic E-state index is 0.0750. The van der Waals surface area contributed by atoms with Crippen molar-refractivity contribution in [3.63, 3.8) is 0 Å². The molecule has 30 heavy (non-hydrogen) atoms. The molecule has 0 saturated heterocycles. The Labute approximate surface area is 179 Å². The van der Waals surface area contributed by atoms with Crippen LogP contribution in [-0.2, 0) is 9.59 Å². The van der Waals surface area contributed by atoms with Gasteiger partial charge >= 0.3 is 5.97 Å². The Balaban J connectivity index is 1.55. The maximum atomic E-state index is 12.6. The van der Waals surface area contributed by atoms with Gasteiger partial charge in [-0.3, -0.25) is 9.59 Å². The van der Waals surface area contributed by atoms with Crippen molar-refractivity contribution in [2.45, 2.75) is 84.3 Å². The van der Waals surface area contributed by atoms with E-state index in [1.807, 2.05) is 6.92 Å². The summed E-state index contributed by atoms with van der Waals surface area (Å²) in [5, 5.41) is 33.1. The Morgan fingerprint density at radius 2 is 1.77 bits per heavy atom. The molecule has 6 heteroatoms. The molecule has 4 aliphatic rings. The second-order valence-corrected chi connectivity index (χ2v) is 11.3. The maximum Gasteiger partial charge on any atom is 0.322 e. The van der Waals surface area contributed by atoms with Crippen LogP contribution < -0.4 is 5.32 Å². The number of fused-ring (bicyclic) bond motifs is 5. The Morgan fingerprint density at radius 1 is 1.03 bits per heavy atom. The molecular formula is C24H39NO5. The maximum absolute atomic E-state index is 12.6. The van der Waals surface area contributed by atoms with Gasteiger partial charge in [0.15, 0.2) is 0 Å². The SMILES string of the molecule is C[C@H](C(=O)NCC(=O)O)[C@H]1CCC2C3CC[C@@H]4C[C@H](O)CC[C@]4(C)C3C[C@H](O)[C@@]21C. The molecule has 0 aromatic rings. The van der Waals surface area contributed by atoms with Gasteiger partial charge in [0.05, 0.1) is 12.2 Å². The smallest absolute Gasteiger partial charge is 0.322 e. The first-order valence-electron chi connectivity index (χ1n) is 11.9. The van der Waals surface area contributed by atoms with E-state index < -0.39 is 12.1 Å². The highest BCUT2D eigenvalue weighted by Crippen LogP contribution is 2.68. The zero-order valence-electron chi connectivity index (χ0n) is 18.6. The summed E-state index contributed by atoms with van der Waals surface area (Å²) in [6.45, 7) is 6.14. The summed E-state index contributed by atoms with van der Waals surface area (Å²) < 4.78 is 0. The molecule has 4 saturated carbocycles. The van der Waals surface area contributed by atoms with Crippen LogP contribution in [0.1, 0.15) is 72.1 Å². The molecule has 10 atom stereocenters. The number of aliphatic carboxylic acids is 1. The van der Waals surface area contributed by atoms with Gasteiger partial charge in [-0.05, 0) is 86.4 Å². The number of amides is 1. The lowest BCUT2D eigenvalue weighted by Crippen LogP contribution is -2.59. The summed E-state index contributed by atoms with van der Waals surface area (Å²) in [7, 11) is 0. The van der Waals surface area contributed by atoms with Crippen LogP contribution in [0, 0.1) is 46.3 Å². The highest BCUT2D eigenvalue weighted by Gasteiger charge is 2.64. The standard InChI is InChI=1S/C24H39NO5/c1-13(22(30)25-12-21(28)29)17-6-7-18-16-5-4-14-10-15(26)8-9-23(14,2)19(16)11-20(27)24(17,18)3/h13-20,26-27H,4-12H2,1-3H3,(H,25,30)(H,28,29)/t13-,14+,15+,16?,17+,18?,19?,20-,23-,24+/m0/s1. The Hall–Kier alpha value is -1.14. The van der Waals surface area contributed by atoms with Gasteiger partial charge in [0, 0.05) is 11.3 Å². The number of carbonyl (C=O) groups is 2. The molecule has 0 aliphatic heterocycles. The van der Waals surface area contributed by atoms with Crippen molar-refractivity contribution in [3.8, 4) is 0 Å². The predicted octanol–water partition coefficient (Wildman–Crippen LogP) is 2.81. The number of carbonyl (C=O) groups excluding carboxylic acids is 1. The number of aliphatic hydroxyl groups is 2.